The highest BCUT2D eigenvalue weighted by molar-refractivity contribution is 5.91. The highest BCUT2D eigenvalue weighted by Crippen LogP contribution is 2.25. The number of hydrogen-bond acceptors (Lipinski definition) is 3. The summed E-state index contributed by atoms with van der Waals surface area (Å²) in [4.78, 5) is 12.2. The lowest BCUT2D eigenvalue weighted by Gasteiger charge is -2.16. The Morgan fingerprint density at radius 3 is 2.62 bits per heavy atom. The first-order valence-corrected chi connectivity index (χ1v) is 8.61. The molecule has 0 radical (unpaired) electrons. The normalized spacial score (nSPS) is 11.8. The van der Waals surface area contributed by atoms with Crippen LogP contribution in [0.15, 0.2) is 66.7 Å². The lowest BCUT2D eigenvalue weighted by atomic mass is 10.0. The van der Waals surface area contributed by atoms with Crippen molar-refractivity contribution in [2.45, 2.75) is 13.0 Å². The lowest BCUT2D eigenvalue weighted by molar-refractivity contribution is 0.176. The molecule has 134 valence electrons. The maximum atomic E-state index is 12.2. The van der Waals surface area contributed by atoms with Crippen LogP contribution in [0, 0.1) is 0 Å². The Balaban J connectivity index is 1.64. The van der Waals surface area contributed by atoms with Gasteiger partial charge >= 0.3 is 6.03 Å². The fourth-order valence-corrected chi connectivity index (χ4v) is 2.86. The van der Waals surface area contributed by atoms with Crippen LogP contribution < -0.4 is 15.4 Å². The highest BCUT2D eigenvalue weighted by Gasteiger charge is 2.13. The zero-order valence-corrected chi connectivity index (χ0v) is 14.6. The summed E-state index contributed by atoms with van der Waals surface area (Å²) in [6.45, 7) is 2.51. The van der Waals surface area contributed by atoms with Gasteiger partial charge in [0.2, 0.25) is 0 Å². The van der Waals surface area contributed by atoms with Crippen molar-refractivity contribution < 1.29 is 14.6 Å². The fourth-order valence-electron chi connectivity index (χ4n) is 2.86. The van der Waals surface area contributed by atoms with Gasteiger partial charge in [-0.05, 0) is 35.4 Å². The summed E-state index contributed by atoms with van der Waals surface area (Å²) in [6, 6.07) is 20.5. The van der Waals surface area contributed by atoms with Crippen LogP contribution in [0.1, 0.15) is 18.6 Å². The predicted octanol–water partition coefficient (Wildman–Crippen LogP) is 4.09. The molecule has 0 saturated carbocycles. The SMILES string of the molecule is CCOc1ccccc1NC(=O)NC[C@@H](O)c1cccc2ccccc12. The first-order valence-electron chi connectivity index (χ1n) is 8.61. The van der Waals surface area contributed by atoms with Crippen LogP contribution in [0.25, 0.3) is 10.8 Å². The molecule has 0 saturated heterocycles. The third kappa shape index (κ3) is 4.13. The smallest absolute Gasteiger partial charge is 0.319 e. The van der Waals surface area contributed by atoms with Gasteiger partial charge in [0.15, 0.2) is 0 Å². The standard InChI is InChI=1S/C21H22N2O3/c1-2-26-20-13-6-5-12-18(20)23-21(25)22-14-19(24)17-11-7-9-15-8-3-4-10-16(15)17/h3-13,19,24H,2,14H2,1H3,(H2,22,23,25)/t19-/m1/s1. The van der Waals surface area contributed by atoms with E-state index >= 15 is 0 Å². The molecule has 0 unspecified atom stereocenters. The molecule has 26 heavy (non-hydrogen) atoms. The van der Waals surface area contributed by atoms with Crippen LogP contribution in [0.3, 0.4) is 0 Å². The third-order valence-electron chi connectivity index (χ3n) is 4.07. The molecule has 0 spiro atoms. The summed E-state index contributed by atoms with van der Waals surface area (Å²) in [5.74, 6) is 0.611. The molecular weight excluding hydrogens is 328 g/mol. The van der Waals surface area contributed by atoms with Gasteiger partial charge in [0.1, 0.15) is 5.75 Å². The molecule has 2 amide bonds. The quantitative estimate of drug-likeness (QED) is 0.627. The number of aliphatic hydroxyl groups excluding tert-OH is 1. The fraction of sp³-hybridized carbons (Fsp3) is 0.190. The molecule has 0 aliphatic rings. The van der Waals surface area contributed by atoms with Gasteiger partial charge in [-0.15, -0.1) is 0 Å². The van der Waals surface area contributed by atoms with Gasteiger partial charge in [-0.25, -0.2) is 4.79 Å². The van der Waals surface area contributed by atoms with Gasteiger partial charge in [0, 0.05) is 6.54 Å². The van der Waals surface area contributed by atoms with E-state index < -0.39 is 12.1 Å². The highest BCUT2D eigenvalue weighted by atomic mass is 16.5. The van der Waals surface area contributed by atoms with Crippen molar-refractivity contribution in [1.82, 2.24) is 5.32 Å². The Kier molecular flexibility index (Phi) is 5.71. The van der Waals surface area contributed by atoms with E-state index in [9.17, 15) is 9.90 Å². The van der Waals surface area contributed by atoms with Gasteiger partial charge in [0.05, 0.1) is 18.4 Å². The zero-order chi connectivity index (χ0) is 18.4. The minimum atomic E-state index is -0.797. The molecule has 0 aliphatic carbocycles. The maximum Gasteiger partial charge on any atom is 0.319 e. The number of aliphatic hydroxyl groups is 1. The van der Waals surface area contributed by atoms with Crippen molar-refractivity contribution in [3.05, 3.63) is 72.3 Å². The Morgan fingerprint density at radius 2 is 1.77 bits per heavy atom. The van der Waals surface area contributed by atoms with E-state index in [2.05, 4.69) is 10.6 Å². The topological polar surface area (TPSA) is 70.6 Å². The number of urea groups is 1. The largest absolute Gasteiger partial charge is 0.492 e. The third-order valence-corrected chi connectivity index (χ3v) is 4.07. The molecule has 0 aliphatic heterocycles. The minimum absolute atomic E-state index is 0.108. The number of benzene rings is 3. The number of hydrogen-bond donors (Lipinski definition) is 3. The van der Waals surface area contributed by atoms with Crippen LogP contribution in [0.5, 0.6) is 5.75 Å². The van der Waals surface area contributed by atoms with E-state index in [1.165, 1.54) is 0 Å². The Labute approximate surface area is 152 Å². The second-order valence-corrected chi connectivity index (χ2v) is 5.85. The monoisotopic (exact) mass is 350 g/mol. The second kappa shape index (κ2) is 8.36. The second-order valence-electron chi connectivity index (χ2n) is 5.85. The summed E-state index contributed by atoms with van der Waals surface area (Å²) in [7, 11) is 0. The van der Waals surface area contributed by atoms with E-state index in [4.69, 9.17) is 4.74 Å². The van der Waals surface area contributed by atoms with Gasteiger partial charge in [0.25, 0.3) is 0 Å². The Hall–Kier alpha value is -3.05. The van der Waals surface area contributed by atoms with E-state index in [1.807, 2.05) is 61.5 Å². The van der Waals surface area contributed by atoms with E-state index in [0.29, 0.717) is 18.0 Å². The molecule has 0 heterocycles. The first-order chi connectivity index (χ1) is 12.7. The molecular formula is C21H22N2O3. The van der Waals surface area contributed by atoms with E-state index in [1.54, 1.807) is 12.1 Å². The van der Waals surface area contributed by atoms with Crippen molar-refractivity contribution in [2.24, 2.45) is 0 Å². The molecule has 5 nitrogen and oxygen atoms in total. The summed E-state index contributed by atoms with van der Waals surface area (Å²) in [5.41, 5.74) is 1.38. The lowest BCUT2D eigenvalue weighted by Crippen LogP contribution is -2.32. The van der Waals surface area contributed by atoms with Crippen LogP contribution in [0.2, 0.25) is 0 Å². The van der Waals surface area contributed by atoms with Crippen molar-refractivity contribution in [3.63, 3.8) is 0 Å². The zero-order valence-electron chi connectivity index (χ0n) is 14.6. The van der Waals surface area contributed by atoms with Crippen LogP contribution >= 0.6 is 0 Å². The molecule has 5 heteroatoms. The number of nitrogens with one attached hydrogen (secondary N) is 2. The van der Waals surface area contributed by atoms with Gasteiger partial charge in [-0.3, -0.25) is 0 Å². The molecule has 0 bridgehead atoms. The number of ether oxygens (including phenoxy) is 1. The molecule has 3 N–H and O–H groups in total. The predicted molar refractivity (Wildman–Crippen MR) is 104 cm³/mol. The molecule has 0 aromatic heterocycles. The molecule has 1 atom stereocenters. The average molecular weight is 350 g/mol. The number of para-hydroxylation sites is 2. The molecule has 3 aromatic rings. The van der Waals surface area contributed by atoms with Crippen LogP contribution in [-0.2, 0) is 0 Å². The molecule has 0 fully saturated rings. The van der Waals surface area contributed by atoms with E-state index in [0.717, 1.165) is 16.3 Å². The number of rotatable bonds is 6. The molecule has 3 aromatic carbocycles. The van der Waals surface area contributed by atoms with Gasteiger partial charge in [-0.2, -0.15) is 0 Å². The van der Waals surface area contributed by atoms with Crippen LogP contribution in [-0.4, -0.2) is 24.3 Å². The first kappa shape index (κ1) is 17.8. The van der Waals surface area contributed by atoms with Crippen molar-refractivity contribution in [2.75, 3.05) is 18.5 Å². The Bertz CT molecular complexity index is 890. The van der Waals surface area contributed by atoms with Crippen LogP contribution in [0.4, 0.5) is 10.5 Å². The number of fused-ring (bicyclic) bond motifs is 1. The van der Waals surface area contributed by atoms with Gasteiger partial charge in [-0.1, -0.05) is 54.6 Å². The molecule has 3 rings (SSSR count). The summed E-state index contributed by atoms with van der Waals surface area (Å²) in [5, 5.41) is 18.0. The summed E-state index contributed by atoms with van der Waals surface area (Å²) >= 11 is 0. The number of carbonyl (C=O) groups is 1. The Morgan fingerprint density at radius 1 is 1.04 bits per heavy atom. The average Bonchev–Trinajstić information content (AvgIpc) is 2.67. The maximum absolute atomic E-state index is 12.2. The van der Waals surface area contributed by atoms with Crippen molar-refractivity contribution in [3.8, 4) is 5.75 Å². The number of anilines is 1. The van der Waals surface area contributed by atoms with E-state index in [-0.39, 0.29) is 6.54 Å². The summed E-state index contributed by atoms with van der Waals surface area (Å²) < 4.78 is 5.49. The van der Waals surface area contributed by atoms with Crippen molar-refractivity contribution in [1.29, 1.82) is 0 Å². The number of amides is 2. The number of carbonyl (C=O) groups excluding carboxylic acids is 1. The van der Waals surface area contributed by atoms with Crippen molar-refractivity contribution >= 4 is 22.5 Å². The minimum Gasteiger partial charge on any atom is -0.492 e. The summed E-state index contributed by atoms with van der Waals surface area (Å²) in [6.07, 6.45) is -0.797. The van der Waals surface area contributed by atoms with Gasteiger partial charge < -0.3 is 20.5 Å².